The number of anilines is 3. The fourth-order valence-corrected chi connectivity index (χ4v) is 2.33. The average Bonchev–Trinajstić information content (AvgIpc) is 2.61. The van der Waals surface area contributed by atoms with Crippen molar-refractivity contribution in [1.82, 2.24) is 4.98 Å². The van der Waals surface area contributed by atoms with Crippen LogP contribution < -0.4 is 32.2 Å². The van der Waals surface area contributed by atoms with Crippen molar-refractivity contribution in [2.24, 2.45) is 5.84 Å². The number of hydrogen-bond donors (Lipinski definition) is 4. The number of alkyl halides is 2. The Balaban J connectivity index is 2.54. The fraction of sp³-hybridized carbons (Fsp3) is 0.312. The van der Waals surface area contributed by atoms with E-state index in [9.17, 15) is 8.78 Å². The second-order valence-electron chi connectivity index (χ2n) is 5.31. The summed E-state index contributed by atoms with van der Waals surface area (Å²) in [6, 6.07) is 7.66. The van der Waals surface area contributed by atoms with Crippen molar-refractivity contribution in [1.29, 1.82) is 0 Å². The number of hydrogen-bond acceptors (Lipinski definition) is 7. The van der Waals surface area contributed by atoms with Gasteiger partial charge in [0.25, 0.3) is 5.92 Å². The number of nitrogen functional groups attached to an aromatic ring is 3. The van der Waals surface area contributed by atoms with Gasteiger partial charge >= 0.3 is 0 Å². The third-order valence-corrected chi connectivity index (χ3v) is 3.70. The van der Waals surface area contributed by atoms with Crippen LogP contribution in [0.15, 0.2) is 30.3 Å². The van der Waals surface area contributed by atoms with Crippen molar-refractivity contribution in [3.05, 3.63) is 35.9 Å². The van der Waals surface area contributed by atoms with Gasteiger partial charge in [-0.2, -0.15) is 0 Å². The van der Waals surface area contributed by atoms with Crippen LogP contribution in [-0.2, 0) is 0 Å². The van der Waals surface area contributed by atoms with Crippen LogP contribution in [-0.4, -0.2) is 18.0 Å². The molecule has 25 heavy (non-hydrogen) atoms. The summed E-state index contributed by atoms with van der Waals surface area (Å²) in [5, 5.41) is 0. The molecule has 0 aliphatic carbocycles. The van der Waals surface area contributed by atoms with Crippen LogP contribution in [0, 0.1) is 0 Å². The van der Waals surface area contributed by atoms with E-state index < -0.39 is 18.4 Å². The van der Waals surface area contributed by atoms with Crippen LogP contribution in [0.25, 0.3) is 0 Å². The Labute approximate surface area is 144 Å². The Morgan fingerprint density at radius 2 is 1.92 bits per heavy atom. The number of nitrogens with one attached hydrogen (secondary N) is 1. The minimum Gasteiger partial charge on any atom is -0.496 e. The van der Waals surface area contributed by atoms with Crippen LogP contribution in [0.1, 0.15) is 25.0 Å². The highest BCUT2D eigenvalue weighted by atomic mass is 19.3. The van der Waals surface area contributed by atoms with E-state index in [0.717, 1.165) is 0 Å². The quantitative estimate of drug-likeness (QED) is 0.446. The average molecular weight is 353 g/mol. The lowest BCUT2D eigenvalue weighted by atomic mass is 10.00. The molecule has 9 heteroatoms. The lowest BCUT2D eigenvalue weighted by Crippen LogP contribution is -2.30. The molecule has 136 valence electrons. The minimum atomic E-state index is -3.19. The summed E-state index contributed by atoms with van der Waals surface area (Å²) >= 11 is 0. The minimum absolute atomic E-state index is 0.0238. The normalized spacial score (nSPS) is 12.5. The smallest absolute Gasteiger partial charge is 0.288 e. The third kappa shape index (κ3) is 3.82. The molecule has 1 heterocycles. The van der Waals surface area contributed by atoms with Crippen LogP contribution in [0.3, 0.4) is 0 Å². The number of methoxy groups -OCH3 is 1. The van der Waals surface area contributed by atoms with Crippen molar-refractivity contribution >= 4 is 17.3 Å². The van der Waals surface area contributed by atoms with Gasteiger partial charge in [0.1, 0.15) is 17.3 Å². The number of rotatable bonds is 7. The molecule has 0 radical (unpaired) electrons. The number of halogens is 2. The molecular formula is C16H21F2N5O2. The van der Waals surface area contributed by atoms with E-state index in [1.165, 1.54) is 26.2 Å². The van der Waals surface area contributed by atoms with E-state index in [-0.39, 0.29) is 34.4 Å². The van der Waals surface area contributed by atoms with Crippen molar-refractivity contribution in [2.45, 2.75) is 25.4 Å². The lowest BCUT2D eigenvalue weighted by molar-refractivity contribution is -0.101. The molecule has 0 aliphatic rings. The van der Waals surface area contributed by atoms with Crippen LogP contribution in [0.2, 0.25) is 0 Å². The Morgan fingerprint density at radius 1 is 1.24 bits per heavy atom. The molecule has 0 spiro atoms. The highest BCUT2D eigenvalue weighted by Crippen LogP contribution is 2.43. The molecule has 0 fully saturated rings. The summed E-state index contributed by atoms with van der Waals surface area (Å²) in [7, 11) is 1.40. The van der Waals surface area contributed by atoms with E-state index in [2.05, 4.69) is 10.4 Å². The zero-order valence-corrected chi connectivity index (χ0v) is 13.9. The molecule has 1 aromatic heterocycles. The summed E-state index contributed by atoms with van der Waals surface area (Å²) in [4.78, 5) is 3.87. The Hall–Kier alpha value is -2.81. The maximum atomic E-state index is 14.6. The fourth-order valence-electron chi connectivity index (χ4n) is 2.33. The van der Waals surface area contributed by atoms with E-state index >= 15 is 0 Å². The van der Waals surface area contributed by atoms with Crippen LogP contribution in [0.5, 0.6) is 11.5 Å². The van der Waals surface area contributed by atoms with Crippen molar-refractivity contribution in [3.63, 3.8) is 0 Å². The number of nitrogens with two attached hydrogens (primary N) is 3. The third-order valence-electron chi connectivity index (χ3n) is 3.70. The first-order valence-electron chi connectivity index (χ1n) is 7.54. The first-order valence-corrected chi connectivity index (χ1v) is 7.54. The molecule has 1 atom stereocenters. The largest absolute Gasteiger partial charge is 0.496 e. The number of hydrazine groups is 1. The molecule has 0 saturated carbocycles. The van der Waals surface area contributed by atoms with E-state index in [1.807, 2.05) is 0 Å². The summed E-state index contributed by atoms with van der Waals surface area (Å²) < 4.78 is 40.0. The summed E-state index contributed by atoms with van der Waals surface area (Å²) in [6.45, 7) is 1.36. The molecule has 0 aliphatic heterocycles. The van der Waals surface area contributed by atoms with Crippen molar-refractivity contribution < 1.29 is 18.3 Å². The van der Waals surface area contributed by atoms with Gasteiger partial charge in [-0.3, -0.25) is 0 Å². The van der Waals surface area contributed by atoms with Gasteiger partial charge in [0, 0.05) is 18.1 Å². The van der Waals surface area contributed by atoms with Gasteiger partial charge in [-0.15, -0.1) is 0 Å². The number of aromatic nitrogens is 1. The molecule has 0 amide bonds. The molecule has 1 unspecified atom stereocenters. The Kier molecular flexibility index (Phi) is 5.48. The van der Waals surface area contributed by atoms with Crippen molar-refractivity contribution in [3.8, 4) is 11.5 Å². The maximum absolute atomic E-state index is 14.6. The van der Waals surface area contributed by atoms with Gasteiger partial charge in [-0.1, -0.05) is 25.1 Å². The molecule has 7 N–H and O–H groups in total. The van der Waals surface area contributed by atoms with Gasteiger partial charge in [0.15, 0.2) is 17.7 Å². The first-order chi connectivity index (χ1) is 11.8. The molecule has 1 aromatic carbocycles. The van der Waals surface area contributed by atoms with E-state index in [4.69, 9.17) is 26.8 Å². The Morgan fingerprint density at radius 3 is 2.52 bits per heavy atom. The standard InChI is InChI=1S/C16H21F2N5O2/c1-3-16(17,18)14(9-6-4-5-7-10(9)24-2)25-11-8-12(19)22-15(23-21)13(11)20/h4-8,14H,3,20-21H2,1-2H3,(H3,19,22,23). The molecule has 0 saturated heterocycles. The zero-order chi connectivity index (χ0) is 18.6. The van der Waals surface area contributed by atoms with Gasteiger partial charge in [-0.05, 0) is 6.07 Å². The summed E-state index contributed by atoms with van der Waals surface area (Å²) in [6.07, 6.45) is -2.08. The number of pyridine rings is 1. The summed E-state index contributed by atoms with van der Waals surface area (Å²) in [5.41, 5.74) is 14.0. The predicted molar refractivity (Wildman–Crippen MR) is 92.5 cm³/mol. The predicted octanol–water partition coefficient (Wildman–Crippen LogP) is 2.71. The molecular weight excluding hydrogens is 332 g/mol. The second-order valence-corrected chi connectivity index (χ2v) is 5.31. The van der Waals surface area contributed by atoms with Crippen molar-refractivity contribution in [2.75, 3.05) is 24.0 Å². The second kappa shape index (κ2) is 7.39. The van der Waals surface area contributed by atoms with Gasteiger partial charge in [0.2, 0.25) is 0 Å². The molecule has 2 aromatic rings. The number of nitrogens with zero attached hydrogens (tertiary/aromatic N) is 1. The monoisotopic (exact) mass is 353 g/mol. The lowest BCUT2D eigenvalue weighted by Gasteiger charge is -2.29. The maximum Gasteiger partial charge on any atom is 0.288 e. The van der Waals surface area contributed by atoms with Gasteiger partial charge in [0.05, 0.1) is 7.11 Å². The topological polar surface area (TPSA) is 121 Å². The SMILES string of the molecule is CCC(F)(F)C(Oc1cc(N)nc(NN)c1N)c1ccccc1OC. The highest BCUT2D eigenvalue weighted by molar-refractivity contribution is 5.71. The Bertz CT molecular complexity index is 742. The molecule has 0 bridgehead atoms. The van der Waals surface area contributed by atoms with Crippen LogP contribution >= 0.6 is 0 Å². The molecule has 2 rings (SSSR count). The summed E-state index contributed by atoms with van der Waals surface area (Å²) in [5.74, 6) is 2.42. The van der Waals surface area contributed by atoms with E-state index in [1.54, 1.807) is 18.2 Å². The zero-order valence-electron chi connectivity index (χ0n) is 13.9. The van der Waals surface area contributed by atoms with E-state index in [0.29, 0.717) is 0 Å². The number of ether oxygens (including phenoxy) is 2. The van der Waals surface area contributed by atoms with Crippen LogP contribution in [0.4, 0.5) is 26.1 Å². The number of benzene rings is 1. The first kappa shape index (κ1) is 18.5. The molecule has 7 nitrogen and oxygen atoms in total. The highest BCUT2D eigenvalue weighted by Gasteiger charge is 2.42. The van der Waals surface area contributed by atoms with Gasteiger partial charge < -0.3 is 26.4 Å². The van der Waals surface area contributed by atoms with Gasteiger partial charge in [-0.25, -0.2) is 19.6 Å². The number of para-hydroxylation sites is 1.